The van der Waals surface area contributed by atoms with E-state index in [2.05, 4.69) is 49.9 Å². The van der Waals surface area contributed by atoms with Crippen LogP contribution in [-0.4, -0.2) is 50.5 Å². The van der Waals surface area contributed by atoms with Gasteiger partial charge in [0.2, 0.25) is 0 Å². The van der Waals surface area contributed by atoms with Gasteiger partial charge in [0, 0.05) is 38.3 Å². The van der Waals surface area contributed by atoms with Crippen molar-refractivity contribution < 1.29 is 0 Å². The highest BCUT2D eigenvalue weighted by Crippen LogP contribution is 2.08. The summed E-state index contributed by atoms with van der Waals surface area (Å²) in [6.45, 7) is 4.20. The Kier molecular flexibility index (Phi) is 11.2. The maximum absolute atomic E-state index is 5.96. The Labute approximate surface area is 180 Å². The van der Waals surface area contributed by atoms with Crippen LogP contribution in [0.3, 0.4) is 0 Å². The van der Waals surface area contributed by atoms with E-state index in [4.69, 9.17) is 17.2 Å². The van der Waals surface area contributed by atoms with Crippen LogP contribution in [0, 0.1) is 0 Å². The van der Waals surface area contributed by atoms with E-state index in [1.54, 1.807) is 0 Å². The van der Waals surface area contributed by atoms with Crippen molar-refractivity contribution in [2.75, 3.05) is 32.7 Å². The van der Waals surface area contributed by atoms with E-state index >= 15 is 0 Å². The second-order valence-electron chi connectivity index (χ2n) is 7.58. The zero-order chi connectivity index (χ0) is 21.4. The number of amidine groups is 1. The molecule has 1 heterocycles. The summed E-state index contributed by atoms with van der Waals surface area (Å²) in [5.74, 6) is 1.72. The smallest absolute Gasteiger partial charge is 0.188 e. The summed E-state index contributed by atoms with van der Waals surface area (Å²) in [6.07, 6.45) is 8.88. The maximum atomic E-state index is 5.96. The van der Waals surface area contributed by atoms with Gasteiger partial charge in [-0.25, -0.2) is 0 Å². The SMILES string of the molecule is NC(N)=NCCCCCCCCN=C(N)NCCc1ccc(C2=NCCCN2)cc1. The number of aliphatic imine (C=N–C) groups is 3. The van der Waals surface area contributed by atoms with Crippen molar-refractivity contribution in [2.24, 2.45) is 32.2 Å². The zero-order valence-corrected chi connectivity index (χ0v) is 18.1. The first-order chi connectivity index (χ1) is 14.6. The maximum Gasteiger partial charge on any atom is 0.188 e. The molecule has 0 saturated heterocycles. The highest BCUT2D eigenvalue weighted by atomic mass is 15.1. The van der Waals surface area contributed by atoms with Crippen LogP contribution in [0.15, 0.2) is 39.2 Å². The normalized spacial score (nSPS) is 14.0. The van der Waals surface area contributed by atoms with Gasteiger partial charge < -0.3 is 27.8 Å². The monoisotopic (exact) mass is 414 g/mol. The Morgan fingerprint density at radius 2 is 1.60 bits per heavy atom. The van der Waals surface area contributed by atoms with E-state index in [0.29, 0.717) is 5.96 Å². The number of rotatable bonds is 13. The second kappa shape index (κ2) is 14.3. The minimum atomic E-state index is 0.180. The molecule has 0 atom stereocenters. The predicted molar refractivity (Wildman–Crippen MR) is 127 cm³/mol. The number of hydrogen-bond acceptors (Lipinski definition) is 4. The van der Waals surface area contributed by atoms with Crippen molar-refractivity contribution in [2.45, 2.75) is 51.4 Å². The van der Waals surface area contributed by atoms with Gasteiger partial charge in [-0.05, 0) is 31.2 Å². The lowest BCUT2D eigenvalue weighted by Crippen LogP contribution is -2.33. The van der Waals surface area contributed by atoms with E-state index in [1.165, 1.54) is 24.8 Å². The first kappa shape index (κ1) is 23.5. The van der Waals surface area contributed by atoms with Crippen LogP contribution < -0.4 is 27.8 Å². The molecule has 0 unspecified atom stereocenters. The Morgan fingerprint density at radius 3 is 2.23 bits per heavy atom. The highest BCUT2D eigenvalue weighted by molar-refractivity contribution is 5.99. The molecule has 0 aliphatic carbocycles. The van der Waals surface area contributed by atoms with Crippen molar-refractivity contribution in [3.8, 4) is 0 Å². The first-order valence-corrected chi connectivity index (χ1v) is 11.1. The molecule has 2 rings (SSSR count). The Hall–Kier alpha value is -2.77. The molecule has 8 heteroatoms. The summed E-state index contributed by atoms with van der Waals surface area (Å²) in [7, 11) is 0. The topological polar surface area (TPSA) is 139 Å². The van der Waals surface area contributed by atoms with Gasteiger partial charge in [-0.3, -0.25) is 15.0 Å². The summed E-state index contributed by atoms with van der Waals surface area (Å²) in [6, 6.07) is 8.57. The van der Waals surface area contributed by atoms with Crippen LogP contribution in [0.4, 0.5) is 0 Å². The number of guanidine groups is 2. The van der Waals surface area contributed by atoms with Crippen LogP contribution in [0.25, 0.3) is 0 Å². The number of hydrogen-bond donors (Lipinski definition) is 5. The number of unbranched alkanes of at least 4 members (excludes halogenated alkanes) is 5. The minimum Gasteiger partial charge on any atom is -0.370 e. The minimum absolute atomic E-state index is 0.180. The highest BCUT2D eigenvalue weighted by Gasteiger charge is 2.06. The summed E-state index contributed by atoms with van der Waals surface area (Å²) < 4.78 is 0. The molecule has 166 valence electrons. The lowest BCUT2D eigenvalue weighted by atomic mass is 10.1. The molecular weight excluding hydrogens is 376 g/mol. The van der Waals surface area contributed by atoms with Crippen molar-refractivity contribution in [3.63, 3.8) is 0 Å². The van der Waals surface area contributed by atoms with Crippen molar-refractivity contribution in [3.05, 3.63) is 35.4 Å². The number of nitrogens with two attached hydrogens (primary N) is 3. The lowest BCUT2D eigenvalue weighted by molar-refractivity contribution is 0.601. The average Bonchev–Trinajstić information content (AvgIpc) is 2.76. The Balaban J connectivity index is 1.51. The molecule has 8 N–H and O–H groups in total. The molecule has 0 radical (unpaired) electrons. The van der Waals surface area contributed by atoms with Gasteiger partial charge in [-0.1, -0.05) is 49.9 Å². The van der Waals surface area contributed by atoms with Gasteiger partial charge in [-0.2, -0.15) is 0 Å². The number of nitrogens with one attached hydrogen (secondary N) is 2. The summed E-state index contributed by atoms with van der Waals surface area (Å²) >= 11 is 0. The molecule has 0 bridgehead atoms. The largest absolute Gasteiger partial charge is 0.370 e. The van der Waals surface area contributed by atoms with E-state index in [0.717, 1.165) is 76.2 Å². The van der Waals surface area contributed by atoms with Gasteiger partial charge in [0.25, 0.3) is 0 Å². The molecule has 1 aliphatic rings. The zero-order valence-electron chi connectivity index (χ0n) is 18.1. The molecule has 0 aromatic heterocycles. The molecular formula is C22H38N8. The number of nitrogens with zero attached hydrogens (tertiary/aromatic N) is 3. The van der Waals surface area contributed by atoms with Crippen LogP contribution >= 0.6 is 0 Å². The van der Waals surface area contributed by atoms with Crippen molar-refractivity contribution in [1.29, 1.82) is 0 Å². The lowest BCUT2D eigenvalue weighted by Gasteiger charge is -2.15. The van der Waals surface area contributed by atoms with Gasteiger partial charge in [0.1, 0.15) is 5.84 Å². The van der Waals surface area contributed by atoms with Crippen LogP contribution in [-0.2, 0) is 6.42 Å². The first-order valence-electron chi connectivity index (χ1n) is 11.1. The molecule has 30 heavy (non-hydrogen) atoms. The van der Waals surface area contributed by atoms with Gasteiger partial charge in [-0.15, -0.1) is 0 Å². The standard InChI is InChI=1S/C22H38N8/c23-21(24)28-13-5-3-1-2-4-6-14-29-22(25)30-17-12-18-8-10-19(11-9-18)20-26-15-7-16-27-20/h8-11H,1-7,12-17H2,(H,26,27)(H4,23,24,28)(H3,25,29,30). The summed E-state index contributed by atoms with van der Waals surface area (Å²) in [5, 5.41) is 6.55. The molecule has 8 nitrogen and oxygen atoms in total. The van der Waals surface area contributed by atoms with Gasteiger partial charge >= 0.3 is 0 Å². The fraction of sp³-hybridized carbons (Fsp3) is 0.591. The van der Waals surface area contributed by atoms with Crippen LogP contribution in [0.1, 0.15) is 56.1 Å². The molecule has 0 saturated carbocycles. The third kappa shape index (κ3) is 10.1. The van der Waals surface area contributed by atoms with E-state index in [1.807, 2.05) is 0 Å². The summed E-state index contributed by atoms with van der Waals surface area (Å²) in [5.41, 5.74) is 19.0. The van der Waals surface area contributed by atoms with Gasteiger partial charge in [0.05, 0.1) is 0 Å². The van der Waals surface area contributed by atoms with E-state index in [-0.39, 0.29) is 5.96 Å². The van der Waals surface area contributed by atoms with Crippen molar-refractivity contribution in [1.82, 2.24) is 10.6 Å². The molecule has 0 fully saturated rings. The van der Waals surface area contributed by atoms with Crippen molar-refractivity contribution >= 4 is 17.8 Å². The third-order valence-electron chi connectivity index (χ3n) is 4.99. The third-order valence-corrected chi connectivity index (χ3v) is 4.99. The Morgan fingerprint density at radius 1 is 0.933 bits per heavy atom. The molecule has 0 spiro atoms. The Bertz CT molecular complexity index is 690. The molecule has 0 amide bonds. The fourth-order valence-corrected chi connectivity index (χ4v) is 3.28. The van der Waals surface area contributed by atoms with E-state index < -0.39 is 0 Å². The number of benzene rings is 1. The average molecular weight is 415 g/mol. The molecule has 1 aromatic carbocycles. The summed E-state index contributed by atoms with van der Waals surface area (Å²) in [4.78, 5) is 12.9. The predicted octanol–water partition coefficient (Wildman–Crippen LogP) is 1.49. The quantitative estimate of drug-likeness (QED) is 0.189. The van der Waals surface area contributed by atoms with Crippen LogP contribution in [0.2, 0.25) is 0 Å². The van der Waals surface area contributed by atoms with Crippen LogP contribution in [0.5, 0.6) is 0 Å². The second-order valence-corrected chi connectivity index (χ2v) is 7.58. The van der Waals surface area contributed by atoms with Gasteiger partial charge in [0.15, 0.2) is 11.9 Å². The molecule has 1 aromatic rings. The molecule has 1 aliphatic heterocycles. The fourth-order valence-electron chi connectivity index (χ4n) is 3.28. The van der Waals surface area contributed by atoms with E-state index in [9.17, 15) is 0 Å².